The molecule has 0 saturated carbocycles. The fourth-order valence-corrected chi connectivity index (χ4v) is 4.08. The van der Waals surface area contributed by atoms with Crippen LogP contribution in [0.1, 0.15) is 37.5 Å². The highest BCUT2D eigenvalue weighted by Gasteiger charge is 2.39. The minimum Gasteiger partial charge on any atom is -0.356 e. The van der Waals surface area contributed by atoms with Gasteiger partial charge >= 0.3 is 0 Å². The molecule has 0 aromatic heterocycles. The Morgan fingerprint density at radius 3 is 2.14 bits per heavy atom. The van der Waals surface area contributed by atoms with Crippen molar-refractivity contribution in [1.82, 2.24) is 0 Å². The van der Waals surface area contributed by atoms with Crippen molar-refractivity contribution in [2.45, 2.75) is 31.6 Å². The van der Waals surface area contributed by atoms with Crippen molar-refractivity contribution in [3.05, 3.63) is 96.1 Å². The molecule has 3 aromatic rings. The summed E-state index contributed by atoms with van der Waals surface area (Å²) in [5, 5.41) is 11.7. The zero-order valence-corrected chi connectivity index (χ0v) is 16.7. The van der Waals surface area contributed by atoms with Gasteiger partial charge in [-0.3, -0.25) is 0 Å². The van der Waals surface area contributed by atoms with Crippen molar-refractivity contribution in [1.29, 1.82) is 5.41 Å². The van der Waals surface area contributed by atoms with Gasteiger partial charge in [-0.05, 0) is 57.5 Å². The molecule has 0 fully saturated rings. The number of hydrogen-bond donors (Lipinski definition) is 2. The lowest BCUT2D eigenvalue weighted by Crippen LogP contribution is -2.23. The van der Waals surface area contributed by atoms with E-state index in [2.05, 4.69) is 93.3 Å². The van der Waals surface area contributed by atoms with Gasteiger partial charge in [0, 0.05) is 17.6 Å². The third kappa shape index (κ3) is 2.77. The maximum Gasteiger partial charge on any atom is 0.0738 e. The molecule has 2 nitrogen and oxygen atoms in total. The Hall–Kier alpha value is -3.13. The van der Waals surface area contributed by atoms with E-state index in [0.717, 1.165) is 22.5 Å². The van der Waals surface area contributed by atoms with Gasteiger partial charge in [0.05, 0.1) is 5.41 Å². The van der Waals surface area contributed by atoms with Crippen LogP contribution in [0, 0.1) is 5.41 Å². The molecular formula is C26H26N2. The fraction of sp³-hybridized carbons (Fsp3) is 0.192. The van der Waals surface area contributed by atoms with Crippen LogP contribution in [0.4, 0.5) is 11.4 Å². The fourth-order valence-electron chi connectivity index (χ4n) is 4.08. The number of anilines is 2. The zero-order valence-electron chi connectivity index (χ0n) is 16.7. The van der Waals surface area contributed by atoms with Gasteiger partial charge in [-0.2, -0.15) is 0 Å². The number of benzene rings is 3. The van der Waals surface area contributed by atoms with E-state index in [1.54, 1.807) is 0 Å². The Balaban J connectivity index is 1.73. The van der Waals surface area contributed by atoms with Crippen molar-refractivity contribution in [2.75, 3.05) is 5.32 Å². The molecule has 0 radical (unpaired) electrons. The van der Waals surface area contributed by atoms with Crippen LogP contribution < -0.4 is 5.32 Å². The first-order valence-electron chi connectivity index (χ1n) is 9.66. The summed E-state index contributed by atoms with van der Waals surface area (Å²) in [4.78, 5) is 0. The summed E-state index contributed by atoms with van der Waals surface area (Å²) in [6.45, 7) is 10.7. The van der Waals surface area contributed by atoms with Gasteiger partial charge < -0.3 is 10.7 Å². The van der Waals surface area contributed by atoms with E-state index in [4.69, 9.17) is 5.41 Å². The molecule has 1 atom stereocenters. The molecule has 0 heterocycles. The van der Waals surface area contributed by atoms with Crippen molar-refractivity contribution in [2.24, 2.45) is 0 Å². The lowest BCUT2D eigenvalue weighted by molar-refractivity contribution is 0.590. The lowest BCUT2D eigenvalue weighted by atomic mass is 9.79. The second-order valence-electron chi connectivity index (χ2n) is 8.48. The molecule has 140 valence electrons. The van der Waals surface area contributed by atoms with Crippen molar-refractivity contribution in [3.8, 4) is 11.1 Å². The van der Waals surface area contributed by atoms with E-state index in [1.807, 2.05) is 12.1 Å². The van der Waals surface area contributed by atoms with Gasteiger partial charge in [-0.25, -0.2) is 0 Å². The summed E-state index contributed by atoms with van der Waals surface area (Å²) in [5.74, 6) is 0. The summed E-state index contributed by atoms with van der Waals surface area (Å²) < 4.78 is 0. The summed E-state index contributed by atoms with van der Waals surface area (Å²) in [7, 11) is 0. The molecule has 1 unspecified atom stereocenters. The monoisotopic (exact) mass is 366 g/mol. The van der Waals surface area contributed by atoms with Crippen LogP contribution in [-0.4, -0.2) is 6.21 Å². The molecule has 1 aliphatic rings. The molecule has 3 aromatic carbocycles. The van der Waals surface area contributed by atoms with Crippen LogP contribution >= 0.6 is 0 Å². The summed E-state index contributed by atoms with van der Waals surface area (Å²) in [6, 6.07) is 23.3. The summed E-state index contributed by atoms with van der Waals surface area (Å²) in [5.41, 5.74) is 7.55. The molecule has 2 N–H and O–H groups in total. The number of allylic oxidation sites excluding steroid dienone is 1. The largest absolute Gasteiger partial charge is 0.356 e. The van der Waals surface area contributed by atoms with Crippen LogP contribution in [0.15, 0.2) is 79.4 Å². The minimum absolute atomic E-state index is 0.144. The SMILES string of the molecule is C=CC1(C=N)c2ccccc2-c2ccc(Nc3ccc(C(C)(C)C)cc3)cc21. The molecule has 0 spiro atoms. The van der Waals surface area contributed by atoms with Gasteiger partial charge in [0.2, 0.25) is 0 Å². The molecule has 0 bridgehead atoms. The standard InChI is InChI=1S/C26H26N2/c1-5-26(17-27)23-9-7-6-8-21(23)22-15-14-20(16-24(22)26)28-19-12-10-18(11-13-19)25(2,3)4/h5-17,27-28H,1H2,2-4H3. The molecule has 4 rings (SSSR count). The average molecular weight is 367 g/mol. The van der Waals surface area contributed by atoms with E-state index in [-0.39, 0.29) is 5.41 Å². The average Bonchev–Trinajstić information content (AvgIpc) is 2.97. The third-order valence-electron chi connectivity index (χ3n) is 5.72. The maximum absolute atomic E-state index is 8.17. The molecule has 0 amide bonds. The number of nitrogens with one attached hydrogen (secondary N) is 2. The van der Waals surface area contributed by atoms with Crippen LogP contribution in [0.5, 0.6) is 0 Å². The Kier molecular flexibility index (Phi) is 4.23. The van der Waals surface area contributed by atoms with Gasteiger partial charge in [0.15, 0.2) is 0 Å². The molecular weight excluding hydrogens is 340 g/mol. The van der Waals surface area contributed by atoms with E-state index in [1.165, 1.54) is 22.9 Å². The van der Waals surface area contributed by atoms with Gasteiger partial charge in [0.1, 0.15) is 0 Å². The Labute approximate surface area is 167 Å². The minimum atomic E-state index is -0.570. The second kappa shape index (κ2) is 6.49. The van der Waals surface area contributed by atoms with E-state index < -0.39 is 5.41 Å². The highest BCUT2D eigenvalue weighted by Crippen LogP contribution is 2.49. The van der Waals surface area contributed by atoms with E-state index in [0.29, 0.717) is 0 Å². The number of rotatable bonds is 4. The van der Waals surface area contributed by atoms with Crippen molar-refractivity contribution >= 4 is 17.6 Å². The Morgan fingerprint density at radius 2 is 1.50 bits per heavy atom. The smallest absolute Gasteiger partial charge is 0.0738 e. The summed E-state index contributed by atoms with van der Waals surface area (Å²) in [6.07, 6.45) is 3.39. The molecule has 1 aliphatic carbocycles. The lowest BCUT2D eigenvalue weighted by Gasteiger charge is -2.23. The molecule has 2 heteroatoms. The highest BCUT2D eigenvalue weighted by atomic mass is 14.9. The first-order chi connectivity index (χ1) is 13.4. The number of fused-ring (bicyclic) bond motifs is 3. The van der Waals surface area contributed by atoms with Gasteiger partial charge in [-0.15, -0.1) is 6.58 Å². The first kappa shape index (κ1) is 18.2. The van der Waals surface area contributed by atoms with E-state index >= 15 is 0 Å². The van der Waals surface area contributed by atoms with Gasteiger partial charge in [0.25, 0.3) is 0 Å². The van der Waals surface area contributed by atoms with Crippen molar-refractivity contribution in [3.63, 3.8) is 0 Å². The van der Waals surface area contributed by atoms with Crippen LogP contribution in [0.3, 0.4) is 0 Å². The van der Waals surface area contributed by atoms with Crippen LogP contribution in [0.2, 0.25) is 0 Å². The highest BCUT2D eigenvalue weighted by molar-refractivity contribution is 5.95. The molecule has 28 heavy (non-hydrogen) atoms. The van der Waals surface area contributed by atoms with E-state index in [9.17, 15) is 0 Å². The number of hydrogen-bond acceptors (Lipinski definition) is 2. The molecule has 0 saturated heterocycles. The van der Waals surface area contributed by atoms with Crippen LogP contribution in [0.25, 0.3) is 11.1 Å². The Bertz CT molecular complexity index is 1040. The predicted molar refractivity (Wildman–Crippen MR) is 120 cm³/mol. The van der Waals surface area contributed by atoms with Crippen LogP contribution in [-0.2, 0) is 10.8 Å². The van der Waals surface area contributed by atoms with Gasteiger partial charge in [-0.1, -0.05) is 69.3 Å². The quantitative estimate of drug-likeness (QED) is 0.385. The normalized spacial score (nSPS) is 17.5. The molecule has 0 aliphatic heterocycles. The third-order valence-corrected chi connectivity index (χ3v) is 5.72. The van der Waals surface area contributed by atoms with Crippen molar-refractivity contribution < 1.29 is 0 Å². The predicted octanol–water partition coefficient (Wildman–Crippen LogP) is 6.83. The zero-order chi connectivity index (χ0) is 19.9. The summed E-state index contributed by atoms with van der Waals surface area (Å²) >= 11 is 0. The Morgan fingerprint density at radius 1 is 0.857 bits per heavy atom. The maximum atomic E-state index is 8.17. The first-order valence-corrected chi connectivity index (χ1v) is 9.66. The second-order valence-corrected chi connectivity index (χ2v) is 8.48. The topological polar surface area (TPSA) is 35.9 Å².